The smallest absolute Gasteiger partial charge is 0.165 e. The molecule has 0 amide bonds. The average molecular weight is 265 g/mol. The molecule has 0 atom stereocenters. The van der Waals surface area contributed by atoms with Crippen LogP contribution in [0.1, 0.15) is 39.2 Å². The van der Waals surface area contributed by atoms with E-state index in [2.05, 4.69) is 32.7 Å². The van der Waals surface area contributed by atoms with Crippen LogP contribution in [0.3, 0.4) is 0 Å². The maximum atomic E-state index is 13.8. The second-order valence-corrected chi connectivity index (χ2v) is 5.65. The van der Waals surface area contributed by atoms with E-state index >= 15 is 0 Å². The van der Waals surface area contributed by atoms with Gasteiger partial charge in [-0.1, -0.05) is 12.1 Å². The maximum Gasteiger partial charge on any atom is 0.165 e. The summed E-state index contributed by atoms with van der Waals surface area (Å²) in [4.78, 5) is 0. The summed E-state index contributed by atoms with van der Waals surface area (Å²) in [6.07, 6.45) is 3.58. The number of rotatable bonds is 7. The molecule has 0 aliphatic heterocycles. The summed E-state index contributed by atoms with van der Waals surface area (Å²) >= 11 is 0. The number of ether oxygens (including phenoxy) is 1. The van der Waals surface area contributed by atoms with Crippen molar-refractivity contribution >= 4 is 0 Å². The molecule has 2 nitrogen and oxygen atoms in total. The molecule has 0 saturated carbocycles. The van der Waals surface area contributed by atoms with Crippen molar-refractivity contribution in [3.05, 3.63) is 42.2 Å². The van der Waals surface area contributed by atoms with Gasteiger partial charge in [0.25, 0.3) is 0 Å². The lowest BCUT2D eigenvalue weighted by Gasteiger charge is -2.20. The maximum absolute atomic E-state index is 13.8. The van der Waals surface area contributed by atoms with Gasteiger partial charge in [-0.05, 0) is 51.3 Å². The standard InChI is InChI=1S/C16H24FNO/c1-5-6-7-10-19-15-9-8-13(11-14(15)17)12-18-16(2,3)4/h5,8-9,11,18H,1,6-7,10,12H2,2-4H3. The van der Waals surface area contributed by atoms with Crippen LogP contribution < -0.4 is 10.1 Å². The van der Waals surface area contributed by atoms with Crippen molar-refractivity contribution in [2.45, 2.75) is 45.7 Å². The zero-order valence-corrected chi connectivity index (χ0v) is 12.1. The summed E-state index contributed by atoms with van der Waals surface area (Å²) in [5.74, 6) is 0.0235. The molecular weight excluding hydrogens is 241 g/mol. The molecule has 0 radical (unpaired) electrons. The fourth-order valence-electron chi connectivity index (χ4n) is 1.55. The molecule has 0 saturated heterocycles. The van der Waals surface area contributed by atoms with E-state index in [-0.39, 0.29) is 11.4 Å². The van der Waals surface area contributed by atoms with Crippen LogP contribution in [0.5, 0.6) is 5.75 Å². The van der Waals surface area contributed by atoms with E-state index < -0.39 is 0 Å². The summed E-state index contributed by atoms with van der Waals surface area (Å²) in [7, 11) is 0. The minimum Gasteiger partial charge on any atom is -0.491 e. The number of nitrogens with one attached hydrogen (secondary N) is 1. The molecule has 0 aromatic heterocycles. The van der Waals surface area contributed by atoms with Crippen LogP contribution >= 0.6 is 0 Å². The Kier molecular flexibility index (Phi) is 6.03. The fraction of sp³-hybridized carbons (Fsp3) is 0.500. The third-order valence-corrected chi connectivity index (χ3v) is 2.63. The van der Waals surface area contributed by atoms with E-state index in [9.17, 15) is 4.39 Å². The summed E-state index contributed by atoms with van der Waals surface area (Å²) < 4.78 is 19.2. The SMILES string of the molecule is C=CCCCOc1ccc(CNC(C)(C)C)cc1F. The van der Waals surface area contributed by atoms with Gasteiger partial charge in [0.05, 0.1) is 6.61 Å². The molecule has 1 aromatic carbocycles. The van der Waals surface area contributed by atoms with Gasteiger partial charge in [-0.3, -0.25) is 0 Å². The summed E-state index contributed by atoms with van der Waals surface area (Å²) in [5, 5.41) is 3.33. The summed E-state index contributed by atoms with van der Waals surface area (Å²) in [6.45, 7) is 11.1. The number of benzene rings is 1. The lowest BCUT2D eigenvalue weighted by atomic mass is 10.1. The number of hydrogen-bond donors (Lipinski definition) is 1. The lowest BCUT2D eigenvalue weighted by molar-refractivity contribution is 0.296. The molecule has 1 aromatic rings. The van der Waals surface area contributed by atoms with Crippen molar-refractivity contribution in [2.75, 3.05) is 6.61 Å². The van der Waals surface area contributed by atoms with Gasteiger partial charge in [-0.15, -0.1) is 6.58 Å². The quantitative estimate of drug-likeness (QED) is 0.593. The molecule has 0 bridgehead atoms. The molecule has 0 aliphatic carbocycles. The second kappa shape index (κ2) is 7.29. The molecule has 0 heterocycles. The van der Waals surface area contributed by atoms with Crippen LogP contribution in [0.25, 0.3) is 0 Å². The molecule has 19 heavy (non-hydrogen) atoms. The topological polar surface area (TPSA) is 21.3 Å². The third kappa shape index (κ3) is 6.39. The number of unbranched alkanes of at least 4 members (excludes halogenated alkanes) is 1. The normalized spacial score (nSPS) is 11.4. The lowest BCUT2D eigenvalue weighted by Crippen LogP contribution is -2.35. The van der Waals surface area contributed by atoms with Crippen LogP contribution in [0.4, 0.5) is 4.39 Å². The first-order valence-corrected chi connectivity index (χ1v) is 6.69. The molecule has 3 heteroatoms. The number of hydrogen-bond acceptors (Lipinski definition) is 2. The van der Waals surface area contributed by atoms with E-state index in [4.69, 9.17) is 4.74 Å². The highest BCUT2D eigenvalue weighted by Crippen LogP contribution is 2.19. The van der Waals surface area contributed by atoms with Crippen LogP contribution in [0.2, 0.25) is 0 Å². The minimum atomic E-state index is -0.299. The van der Waals surface area contributed by atoms with Crippen molar-refractivity contribution in [1.29, 1.82) is 0 Å². The molecular formula is C16H24FNO. The summed E-state index contributed by atoms with van der Waals surface area (Å²) in [6, 6.07) is 5.12. The molecule has 0 aliphatic rings. The van der Waals surface area contributed by atoms with E-state index in [1.165, 1.54) is 6.07 Å². The van der Waals surface area contributed by atoms with Crippen molar-refractivity contribution in [3.8, 4) is 5.75 Å². The number of halogens is 1. The zero-order valence-electron chi connectivity index (χ0n) is 12.1. The molecule has 0 spiro atoms. The molecule has 0 fully saturated rings. The monoisotopic (exact) mass is 265 g/mol. The van der Waals surface area contributed by atoms with Crippen LogP contribution in [0, 0.1) is 5.82 Å². The summed E-state index contributed by atoms with van der Waals surface area (Å²) in [5.41, 5.74) is 0.946. The van der Waals surface area contributed by atoms with Crippen molar-refractivity contribution in [2.24, 2.45) is 0 Å². The van der Waals surface area contributed by atoms with Crippen molar-refractivity contribution in [3.63, 3.8) is 0 Å². The van der Waals surface area contributed by atoms with Gasteiger partial charge in [0.1, 0.15) is 0 Å². The Morgan fingerprint density at radius 3 is 2.68 bits per heavy atom. The Morgan fingerprint density at radius 1 is 1.37 bits per heavy atom. The van der Waals surface area contributed by atoms with Crippen molar-refractivity contribution < 1.29 is 9.13 Å². The molecule has 1 N–H and O–H groups in total. The van der Waals surface area contributed by atoms with Gasteiger partial charge >= 0.3 is 0 Å². The average Bonchev–Trinajstić information content (AvgIpc) is 2.33. The fourth-order valence-corrected chi connectivity index (χ4v) is 1.55. The van der Waals surface area contributed by atoms with Gasteiger partial charge in [0.15, 0.2) is 11.6 Å². The van der Waals surface area contributed by atoms with Crippen LogP contribution in [-0.2, 0) is 6.54 Å². The zero-order chi connectivity index (χ0) is 14.3. The van der Waals surface area contributed by atoms with Gasteiger partial charge in [-0.25, -0.2) is 4.39 Å². The number of allylic oxidation sites excluding steroid dienone is 1. The minimum absolute atomic E-state index is 0.0241. The largest absolute Gasteiger partial charge is 0.491 e. The highest BCUT2D eigenvalue weighted by molar-refractivity contribution is 5.29. The molecule has 0 unspecified atom stereocenters. The Hall–Kier alpha value is -1.35. The Morgan fingerprint density at radius 2 is 2.11 bits per heavy atom. The second-order valence-electron chi connectivity index (χ2n) is 5.65. The highest BCUT2D eigenvalue weighted by atomic mass is 19.1. The predicted molar refractivity (Wildman–Crippen MR) is 77.9 cm³/mol. The predicted octanol–water partition coefficient (Wildman–Crippen LogP) is 4.06. The van der Waals surface area contributed by atoms with E-state index in [0.717, 1.165) is 18.4 Å². The van der Waals surface area contributed by atoms with Crippen LogP contribution in [0.15, 0.2) is 30.9 Å². The molecule has 1 rings (SSSR count). The van der Waals surface area contributed by atoms with Gasteiger partial charge in [0.2, 0.25) is 0 Å². The van der Waals surface area contributed by atoms with Crippen molar-refractivity contribution in [1.82, 2.24) is 5.32 Å². The Bertz CT molecular complexity index is 410. The van der Waals surface area contributed by atoms with E-state index in [0.29, 0.717) is 18.9 Å². The first-order valence-electron chi connectivity index (χ1n) is 6.69. The van der Waals surface area contributed by atoms with E-state index in [1.807, 2.05) is 12.1 Å². The van der Waals surface area contributed by atoms with E-state index in [1.54, 1.807) is 6.07 Å². The molecule has 106 valence electrons. The van der Waals surface area contributed by atoms with Crippen LogP contribution in [-0.4, -0.2) is 12.1 Å². The third-order valence-electron chi connectivity index (χ3n) is 2.63. The Labute approximate surface area is 115 Å². The highest BCUT2D eigenvalue weighted by Gasteiger charge is 2.10. The first-order chi connectivity index (χ1) is 8.92. The first kappa shape index (κ1) is 15.7. The van der Waals surface area contributed by atoms with Gasteiger partial charge in [-0.2, -0.15) is 0 Å². The Balaban J connectivity index is 2.51. The van der Waals surface area contributed by atoms with Gasteiger partial charge in [0, 0.05) is 12.1 Å². The van der Waals surface area contributed by atoms with Gasteiger partial charge < -0.3 is 10.1 Å².